The summed E-state index contributed by atoms with van der Waals surface area (Å²) in [5, 5.41) is 2.98. The summed E-state index contributed by atoms with van der Waals surface area (Å²) < 4.78 is 12.7. The summed E-state index contributed by atoms with van der Waals surface area (Å²) in [7, 11) is 3.18. The van der Waals surface area contributed by atoms with Gasteiger partial charge in [-0.15, -0.1) is 0 Å². The zero-order valence-corrected chi connectivity index (χ0v) is 16.0. The largest absolute Gasteiger partial charge is 0.493 e. The van der Waals surface area contributed by atoms with E-state index in [1.54, 1.807) is 14.2 Å². The quantitative estimate of drug-likeness (QED) is 0.665. The van der Waals surface area contributed by atoms with Gasteiger partial charge in [-0.25, -0.2) is 4.98 Å². The number of aryl methyl sites for hydroxylation is 1. The molecule has 3 aromatic rings. The van der Waals surface area contributed by atoms with Gasteiger partial charge in [-0.3, -0.25) is 4.79 Å². The number of nitrogens with zero attached hydrogens (tertiary/aromatic N) is 2. The number of amides is 1. The molecule has 0 saturated heterocycles. The molecule has 0 aliphatic rings. The Balaban J connectivity index is 1.59. The number of fused-ring (bicyclic) bond motifs is 1. The number of methoxy groups -OCH3 is 2. The Morgan fingerprint density at radius 1 is 1.11 bits per heavy atom. The number of ether oxygens (including phenoxy) is 2. The molecule has 0 aliphatic heterocycles. The number of rotatable bonds is 8. The molecule has 0 aliphatic carbocycles. The highest BCUT2D eigenvalue weighted by Crippen LogP contribution is 2.27. The second-order valence-corrected chi connectivity index (χ2v) is 6.23. The molecule has 3 rings (SSSR count). The van der Waals surface area contributed by atoms with Gasteiger partial charge in [0.25, 0.3) is 0 Å². The second-order valence-electron chi connectivity index (χ2n) is 6.23. The SMILES string of the molecule is CCn1c(CCNC(=O)Cc2ccc(OC)c(OC)c2)nc2ccccc21. The van der Waals surface area contributed by atoms with Crippen molar-refractivity contribution in [1.29, 1.82) is 0 Å². The Hall–Kier alpha value is -3.02. The Morgan fingerprint density at radius 2 is 1.89 bits per heavy atom. The molecule has 1 N–H and O–H groups in total. The standard InChI is InChI=1S/C21H25N3O3/c1-4-24-17-8-6-5-7-16(17)23-20(24)11-12-22-21(25)14-15-9-10-18(26-2)19(13-15)27-3/h5-10,13H,4,11-12,14H2,1-3H3,(H,22,25). The van der Waals surface area contributed by atoms with Gasteiger partial charge >= 0.3 is 0 Å². The maximum absolute atomic E-state index is 12.3. The lowest BCUT2D eigenvalue weighted by molar-refractivity contribution is -0.120. The lowest BCUT2D eigenvalue weighted by Gasteiger charge is -2.10. The van der Waals surface area contributed by atoms with E-state index in [-0.39, 0.29) is 5.91 Å². The zero-order valence-electron chi connectivity index (χ0n) is 16.0. The summed E-state index contributed by atoms with van der Waals surface area (Å²) in [6.07, 6.45) is 0.991. The van der Waals surface area contributed by atoms with Crippen LogP contribution in [-0.4, -0.2) is 36.2 Å². The van der Waals surface area contributed by atoms with Crippen LogP contribution in [0.2, 0.25) is 0 Å². The summed E-state index contributed by atoms with van der Waals surface area (Å²) >= 11 is 0. The second kappa shape index (κ2) is 8.58. The van der Waals surface area contributed by atoms with Gasteiger partial charge in [0.15, 0.2) is 11.5 Å². The van der Waals surface area contributed by atoms with E-state index >= 15 is 0 Å². The summed E-state index contributed by atoms with van der Waals surface area (Å²) in [5.74, 6) is 2.24. The fraction of sp³-hybridized carbons (Fsp3) is 0.333. The zero-order chi connectivity index (χ0) is 19.2. The van der Waals surface area contributed by atoms with E-state index < -0.39 is 0 Å². The molecule has 0 atom stereocenters. The van der Waals surface area contributed by atoms with E-state index in [0.717, 1.165) is 29.0 Å². The number of imidazole rings is 1. The van der Waals surface area contributed by atoms with Crippen LogP contribution in [0.4, 0.5) is 0 Å². The fourth-order valence-corrected chi connectivity index (χ4v) is 3.22. The third kappa shape index (κ3) is 4.22. The maximum atomic E-state index is 12.3. The third-order valence-electron chi connectivity index (χ3n) is 4.53. The molecule has 0 unspecified atom stereocenters. The van der Waals surface area contributed by atoms with Crippen LogP contribution in [0.15, 0.2) is 42.5 Å². The first kappa shape index (κ1) is 18.8. The van der Waals surface area contributed by atoms with Crippen molar-refractivity contribution in [2.45, 2.75) is 26.3 Å². The first-order valence-corrected chi connectivity index (χ1v) is 9.08. The van der Waals surface area contributed by atoms with Crippen molar-refractivity contribution in [2.75, 3.05) is 20.8 Å². The topological polar surface area (TPSA) is 65.4 Å². The van der Waals surface area contributed by atoms with E-state index in [1.165, 1.54) is 0 Å². The van der Waals surface area contributed by atoms with Gasteiger partial charge in [0, 0.05) is 19.5 Å². The van der Waals surface area contributed by atoms with Crippen molar-refractivity contribution < 1.29 is 14.3 Å². The highest BCUT2D eigenvalue weighted by atomic mass is 16.5. The smallest absolute Gasteiger partial charge is 0.224 e. The molecule has 0 spiro atoms. The molecule has 1 heterocycles. The number of benzene rings is 2. The average molecular weight is 367 g/mol. The monoisotopic (exact) mass is 367 g/mol. The molecule has 0 radical (unpaired) electrons. The Kier molecular flexibility index (Phi) is 5.96. The van der Waals surface area contributed by atoms with Crippen LogP contribution in [0, 0.1) is 0 Å². The average Bonchev–Trinajstić information content (AvgIpc) is 3.05. The molecular weight excluding hydrogens is 342 g/mol. The molecule has 1 amide bonds. The van der Waals surface area contributed by atoms with Crippen molar-refractivity contribution in [1.82, 2.24) is 14.9 Å². The Morgan fingerprint density at radius 3 is 2.63 bits per heavy atom. The van der Waals surface area contributed by atoms with E-state index in [2.05, 4.69) is 27.9 Å². The van der Waals surface area contributed by atoms with Gasteiger partial charge in [-0.1, -0.05) is 18.2 Å². The molecular formula is C21H25N3O3. The van der Waals surface area contributed by atoms with Crippen LogP contribution in [0.3, 0.4) is 0 Å². The lowest BCUT2D eigenvalue weighted by atomic mass is 10.1. The molecule has 2 aromatic carbocycles. The number of aromatic nitrogens is 2. The molecule has 0 saturated carbocycles. The maximum Gasteiger partial charge on any atom is 0.224 e. The fourth-order valence-electron chi connectivity index (χ4n) is 3.22. The normalized spacial score (nSPS) is 10.8. The predicted octanol–water partition coefficient (Wildman–Crippen LogP) is 2.97. The number of para-hydroxylation sites is 2. The van der Waals surface area contributed by atoms with E-state index in [4.69, 9.17) is 9.47 Å². The molecule has 6 nitrogen and oxygen atoms in total. The van der Waals surface area contributed by atoms with Crippen LogP contribution in [0.1, 0.15) is 18.3 Å². The summed E-state index contributed by atoms with van der Waals surface area (Å²) in [6, 6.07) is 13.6. The van der Waals surface area contributed by atoms with Crippen molar-refractivity contribution >= 4 is 16.9 Å². The molecule has 1 aromatic heterocycles. The summed E-state index contributed by atoms with van der Waals surface area (Å²) in [4.78, 5) is 17.0. The molecule has 0 fully saturated rings. The highest BCUT2D eigenvalue weighted by Gasteiger charge is 2.11. The van der Waals surface area contributed by atoms with Gasteiger partial charge in [0.2, 0.25) is 5.91 Å². The minimum Gasteiger partial charge on any atom is -0.493 e. The first-order chi connectivity index (χ1) is 13.2. The van der Waals surface area contributed by atoms with Crippen LogP contribution in [0.25, 0.3) is 11.0 Å². The first-order valence-electron chi connectivity index (χ1n) is 9.08. The number of nitrogens with one attached hydrogen (secondary N) is 1. The number of carbonyl (C=O) groups is 1. The molecule has 27 heavy (non-hydrogen) atoms. The summed E-state index contributed by atoms with van der Waals surface area (Å²) in [6.45, 7) is 3.51. The Labute approximate surface area is 159 Å². The van der Waals surface area contributed by atoms with Gasteiger partial charge in [0.05, 0.1) is 31.7 Å². The van der Waals surface area contributed by atoms with Gasteiger partial charge in [0.1, 0.15) is 5.82 Å². The summed E-state index contributed by atoms with van der Waals surface area (Å²) in [5.41, 5.74) is 3.00. The minimum absolute atomic E-state index is 0.0265. The van der Waals surface area contributed by atoms with E-state index in [0.29, 0.717) is 30.9 Å². The van der Waals surface area contributed by atoms with Gasteiger partial charge in [-0.2, -0.15) is 0 Å². The van der Waals surface area contributed by atoms with Crippen LogP contribution < -0.4 is 14.8 Å². The molecule has 0 bridgehead atoms. The van der Waals surface area contributed by atoms with E-state index in [9.17, 15) is 4.79 Å². The Bertz CT molecular complexity index is 934. The van der Waals surface area contributed by atoms with Crippen LogP contribution in [0.5, 0.6) is 11.5 Å². The van der Waals surface area contributed by atoms with Crippen molar-refractivity contribution in [3.63, 3.8) is 0 Å². The van der Waals surface area contributed by atoms with Crippen molar-refractivity contribution in [2.24, 2.45) is 0 Å². The van der Waals surface area contributed by atoms with Gasteiger partial charge in [-0.05, 0) is 36.8 Å². The molecule has 6 heteroatoms. The number of carbonyl (C=O) groups excluding carboxylic acids is 1. The van der Waals surface area contributed by atoms with Crippen LogP contribution in [-0.2, 0) is 24.2 Å². The third-order valence-corrected chi connectivity index (χ3v) is 4.53. The van der Waals surface area contributed by atoms with Crippen molar-refractivity contribution in [3.8, 4) is 11.5 Å². The predicted molar refractivity (Wildman–Crippen MR) is 105 cm³/mol. The van der Waals surface area contributed by atoms with Gasteiger partial charge < -0.3 is 19.4 Å². The van der Waals surface area contributed by atoms with E-state index in [1.807, 2.05) is 36.4 Å². The minimum atomic E-state index is -0.0265. The number of hydrogen-bond acceptors (Lipinski definition) is 4. The van der Waals surface area contributed by atoms with Crippen molar-refractivity contribution in [3.05, 3.63) is 53.9 Å². The molecule has 142 valence electrons. The lowest BCUT2D eigenvalue weighted by Crippen LogP contribution is -2.28. The highest BCUT2D eigenvalue weighted by molar-refractivity contribution is 5.79. The number of hydrogen-bond donors (Lipinski definition) is 1. The van der Waals surface area contributed by atoms with Crippen LogP contribution >= 0.6 is 0 Å².